The number of methoxy groups -OCH3 is 1. The van der Waals surface area contributed by atoms with E-state index >= 15 is 0 Å². The maximum absolute atomic E-state index is 12.8. The van der Waals surface area contributed by atoms with E-state index in [1.165, 1.54) is 37.1 Å². The Morgan fingerprint density at radius 2 is 1.89 bits per heavy atom. The van der Waals surface area contributed by atoms with Crippen LogP contribution in [0, 0.1) is 15.9 Å². The largest absolute Gasteiger partial charge is 0.497 e. The minimum Gasteiger partial charge on any atom is -0.497 e. The lowest BCUT2D eigenvalue weighted by molar-refractivity contribution is -0.387. The highest BCUT2D eigenvalue weighted by atomic mass is 32.2. The van der Waals surface area contributed by atoms with Crippen LogP contribution in [0.25, 0.3) is 0 Å². The average molecular weight is 279 g/mol. The molecular weight excluding hydrogens is 269 g/mol. The molecule has 0 atom stereocenters. The third-order valence-electron chi connectivity index (χ3n) is 2.40. The molecule has 0 saturated heterocycles. The SMILES string of the molecule is COc1ccc(Sc2ccc(F)cc2)c([N+](=O)[O-])c1. The molecule has 19 heavy (non-hydrogen) atoms. The Morgan fingerprint density at radius 3 is 2.47 bits per heavy atom. The second-order valence-electron chi connectivity index (χ2n) is 3.65. The average Bonchev–Trinajstić information content (AvgIpc) is 2.41. The normalized spacial score (nSPS) is 10.2. The van der Waals surface area contributed by atoms with Crippen LogP contribution in [0.5, 0.6) is 5.75 Å². The quantitative estimate of drug-likeness (QED) is 0.629. The molecule has 0 aromatic heterocycles. The Bertz CT molecular complexity index is 601. The van der Waals surface area contributed by atoms with Crippen molar-refractivity contribution in [2.24, 2.45) is 0 Å². The van der Waals surface area contributed by atoms with Gasteiger partial charge in [0.2, 0.25) is 0 Å². The molecule has 0 heterocycles. The molecule has 0 aliphatic rings. The van der Waals surface area contributed by atoms with E-state index in [1.54, 1.807) is 24.3 Å². The van der Waals surface area contributed by atoms with Gasteiger partial charge in [0, 0.05) is 4.90 Å². The fourth-order valence-electron chi connectivity index (χ4n) is 1.48. The van der Waals surface area contributed by atoms with Gasteiger partial charge in [-0.05, 0) is 36.4 Å². The lowest BCUT2D eigenvalue weighted by atomic mass is 10.3. The monoisotopic (exact) mass is 279 g/mol. The van der Waals surface area contributed by atoms with E-state index in [1.807, 2.05) is 0 Å². The van der Waals surface area contributed by atoms with Crippen LogP contribution in [-0.4, -0.2) is 12.0 Å². The first kappa shape index (κ1) is 13.4. The van der Waals surface area contributed by atoms with Crippen molar-refractivity contribution in [3.8, 4) is 5.75 Å². The Kier molecular flexibility index (Phi) is 4.01. The Hall–Kier alpha value is -2.08. The van der Waals surface area contributed by atoms with Crippen LogP contribution in [0.3, 0.4) is 0 Å². The van der Waals surface area contributed by atoms with Gasteiger partial charge in [0.25, 0.3) is 5.69 Å². The first-order valence-electron chi connectivity index (χ1n) is 5.36. The van der Waals surface area contributed by atoms with Gasteiger partial charge in [0.1, 0.15) is 11.6 Å². The smallest absolute Gasteiger partial charge is 0.286 e. The highest BCUT2D eigenvalue weighted by Crippen LogP contribution is 2.36. The maximum Gasteiger partial charge on any atom is 0.286 e. The summed E-state index contributed by atoms with van der Waals surface area (Å²) in [5.74, 6) is 0.0868. The third kappa shape index (κ3) is 3.23. The molecule has 98 valence electrons. The van der Waals surface area contributed by atoms with E-state index < -0.39 is 4.92 Å². The van der Waals surface area contributed by atoms with E-state index in [4.69, 9.17) is 4.74 Å². The lowest BCUT2D eigenvalue weighted by Crippen LogP contribution is -1.92. The van der Waals surface area contributed by atoms with E-state index in [9.17, 15) is 14.5 Å². The van der Waals surface area contributed by atoms with Crippen LogP contribution < -0.4 is 4.74 Å². The fraction of sp³-hybridized carbons (Fsp3) is 0.0769. The predicted molar refractivity (Wildman–Crippen MR) is 70.2 cm³/mol. The molecule has 0 bridgehead atoms. The zero-order chi connectivity index (χ0) is 13.8. The second kappa shape index (κ2) is 5.71. The van der Waals surface area contributed by atoms with Gasteiger partial charge in [-0.2, -0.15) is 0 Å². The number of hydrogen-bond donors (Lipinski definition) is 0. The van der Waals surface area contributed by atoms with Gasteiger partial charge in [-0.1, -0.05) is 11.8 Å². The number of halogens is 1. The molecule has 2 rings (SSSR count). The fourth-order valence-corrected chi connectivity index (χ4v) is 2.38. The molecule has 0 radical (unpaired) electrons. The zero-order valence-corrected chi connectivity index (χ0v) is 10.8. The Morgan fingerprint density at radius 1 is 1.21 bits per heavy atom. The molecule has 0 amide bonds. The van der Waals surface area contributed by atoms with Crippen molar-refractivity contribution in [3.63, 3.8) is 0 Å². The first-order chi connectivity index (χ1) is 9.10. The summed E-state index contributed by atoms with van der Waals surface area (Å²) in [6, 6.07) is 10.4. The first-order valence-corrected chi connectivity index (χ1v) is 6.17. The summed E-state index contributed by atoms with van der Waals surface area (Å²) in [5.41, 5.74) is -0.0336. The van der Waals surface area contributed by atoms with E-state index in [0.29, 0.717) is 10.6 Å². The number of nitrogens with zero attached hydrogens (tertiary/aromatic N) is 1. The van der Waals surface area contributed by atoms with Gasteiger partial charge in [0.05, 0.1) is 23.0 Å². The predicted octanol–water partition coefficient (Wildman–Crippen LogP) is 3.89. The van der Waals surface area contributed by atoms with Crippen molar-refractivity contribution in [3.05, 3.63) is 58.4 Å². The van der Waals surface area contributed by atoms with Gasteiger partial charge in [0.15, 0.2) is 0 Å². The van der Waals surface area contributed by atoms with Gasteiger partial charge in [-0.15, -0.1) is 0 Å². The van der Waals surface area contributed by atoms with E-state index in [2.05, 4.69) is 0 Å². The zero-order valence-electron chi connectivity index (χ0n) is 10.00. The van der Waals surface area contributed by atoms with Gasteiger partial charge < -0.3 is 4.74 Å². The molecule has 0 aliphatic carbocycles. The molecular formula is C13H10FNO3S. The number of nitro benzene ring substituents is 1. The summed E-state index contributed by atoms with van der Waals surface area (Å²) < 4.78 is 17.8. The summed E-state index contributed by atoms with van der Waals surface area (Å²) in [4.78, 5) is 11.8. The summed E-state index contributed by atoms with van der Waals surface area (Å²) >= 11 is 1.21. The van der Waals surface area contributed by atoms with Crippen molar-refractivity contribution in [1.29, 1.82) is 0 Å². The summed E-state index contributed by atoms with van der Waals surface area (Å²) in [6.45, 7) is 0. The van der Waals surface area contributed by atoms with Crippen molar-refractivity contribution >= 4 is 17.4 Å². The molecule has 0 spiro atoms. The van der Waals surface area contributed by atoms with Crippen molar-refractivity contribution in [2.75, 3.05) is 7.11 Å². The van der Waals surface area contributed by atoms with Crippen LogP contribution in [0.4, 0.5) is 10.1 Å². The number of nitro groups is 1. The third-order valence-corrected chi connectivity index (χ3v) is 3.48. The highest BCUT2D eigenvalue weighted by Gasteiger charge is 2.16. The number of ether oxygens (including phenoxy) is 1. The summed E-state index contributed by atoms with van der Waals surface area (Å²) in [7, 11) is 1.45. The van der Waals surface area contributed by atoms with Crippen molar-refractivity contribution in [1.82, 2.24) is 0 Å². The van der Waals surface area contributed by atoms with Crippen LogP contribution in [0.1, 0.15) is 0 Å². The number of rotatable bonds is 4. The lowest BCUT2D eigenvalue weighted by Gasteiger charge is -2.05. The van der Waals surface area contributed by atoms with E-state index in [0.717, 1.165) is 4.90 Å². The van der Waals surface area contributed by atoms with Crippen molar-refractivity contribution in [2.45, 2.75) is 9.79 Å². The maximum atomic E-state index is 12.8. The van der Waals surface area contributed by atoms with Crippen LogP contribution in [0.2, 0.25) is 0 Å². The van der Waals surface area contributed by atoms with Crippen molar-refractivity contribution < 1.29 is 14.1 Å². The highest BCUT2D eigenvalue weighted by molar-refractivity contribution is 7.99. The van der Waals surface area contributed by atoms with Gasteiger partial charge in [-0.3, -0.25) is 10.1 Å². The van der Waals surface area contributed by atoms with Crippen LogP contribution in [-0.2, 0) is 0 Å². The molecule has 0 saturated carbocycles. The number of hydrogen-bond acceptors (Lipinski definition) is 4. The summed E-state index contributed by atoms with van der Waals surface area (Å²) in [5, 5.41) is 11.0. The van der Waals surface area contributed by atoms with Crippen LogP contribution in [0.15, 0.2) is 52.3 Å². The molecule has 0 aliphatic heterocycles. The van der Waals surface area contributed by atoms with Crippen LogP contribution >= 0.6 is 11.8 Å². The summed E-state index contributed by atoms with van der Waals surface area (Å²) in [6.07, 6.45) is 0. The molecule has 6 heteroatoms. The molecule has 0 N–H and O–H groups in total. The standard InChI is InChI=1S/C13H10FNO3S/c1-18-10-4-7-13(12(8-10)15(16)17)19-11-5-2-9(14)3-6-11/h2-8H,1H3. The Balaban J connectivity index is 2.33. The minimum absolute atomic E-state index is 0.0336. The number of benzene rings is 2. The molecule has 2 aromatic rings. The molecule has 0 fully saturated rings. The van der Waals surface area contributed by atoms with Gasteiger partial charge in [-0.25, -0.2) is 4.39 Å². The second-order valence-corrected chi connectivity index (χ2v) is 4.76. The minimum atomic E-state index is -0.464. The van der Waals surface area contributed by atoms with E-state index in [-0.39, 0.29) is 11.5 Å². The molecule has 4 nitrogen and oxygen atoms in total. The van der Waals surface area contributed by atoms with Gasteiger partial charge >= 0.3 is 0 Å². The molecule has 2 aromatic carbocycles. The Labute approximate surface area is 113 Å². The topological polar surface area (TPSA) is 52.4 Å². The molecule has 0 unspecified atom stereocenters.